The monoisotopic (exact) mass is 348 g/mol. The molecular weight excluding hydrogens is 316 g/mol. The van der Waals surface area contributed by atoms with Crippen LogP contribution >= 0.6 is 0 Å². The molecule has 5 nitrogen and oxygen atoms in total. The summed E-state index contributed by atoms with van der Waals surface area (Å²) in [5, 5.41) is 17.0. The van der Waals surface area contributed by atoms with Crippen molar-refractivity contribution in [1.29, 1.82) is 0 Å². The van der Waals surface area contributed by atoms with E-state index in [1.165, 1.54) is 0 Å². The van der Waals surface area contributed by atoms with Crippen LogP contribution in [0.4, 0.5) is 0 Å². The van der Waals surface area contributed by atoms with Crippen molar-refractivity contribution >= 4 is 11.8 Å². The number of aliphatic hydroxyl groups is 1. The van der Waals surface area contributed by atoms with Gasteiger partial charge in [0.1, 0.15) is 0 Å². The third-order valence-electron chi connectivity index (χ3n) is 6.79. The van der Waals surface area contributed by atoms with E-state index in [2.05, 4.69) is 10.6 Å². The van der Waals surface area contributed by atoms with Gasteiger partial charge in [0.05, 0.1) is 5.60 Å². The van der Waals surface area contributed by atoms with Crippen LogP contribution in [-0.2, 0) is 9.59 Å². The van der Waals surface area contributed by atoms with Gasteiger partial charge in [-0.15, -0.1) is 0 Å². The lowest BCUT2D eigenvalue weighted by molar-refractivity contribution is -0.147. The molecule has 5 atom stereocenters. The lowest BCUT2D eigenvalue weighted by Gasteiger charge is -2.58. The van der Waals surface area contributed by atoms with Crippen LogP contribution in [0.5, 0.6) is 0 Å². The Labute approximate surface area is 150 Å². The van der Waals surface area contributed by atoms with E-state index in [4.69, 9.17) is 0 Å². The number of amides is 2. The van der Waals surface area contributed by atoms with Crippen LogP contribution in [0, 0.1) is 23.2 Å². The van der Waals surface area contributed by atoms with E-state index < -0.39 is 5.60 Å². The van der Waals surface area contributed by atoms with Crippen LogP contribution in [0.15, 0.2) is 0 Å². The first kappa shape index (κ1) is 17.3. The van der Waals surface area contributed by atoms with Gasteiger partial charge in [0.25, 0.3) is 0 Å². The smallest absolute Gasteiger partial charge is 0.220 e. The second-order valence-corrected chi connectivity index (χ2v) is 10.1. The predicted molar refractivity (Wildman–Crippen MR) is 94.6 cm³/mol. The zero-order valence-corrected chi connectivity index (χ0v) is 15.5. The normalized spacial score (nSPS) is 39.3. The summed E-state index contributed by atoms with van der Waals surface area (Å²) in [6, 6.07) is 0.594. The van der Waals surface area contributed by atoms with Gasteiger partial charge in [0.2, 0.25) is 11.8 Å². The SMILES string of the molecule is CC(C)(CC(=O)NC1CC1)CC(=O)NC1[C@@H]2CC3C[C@H]1CC(O)(C3)C2. The van der Waals surface area contributed by atoms with E-state index in [9.17, 15) is 14.7 Å². The molecule has 5 rings (SSSR count). The summed E-state index contributed by atoms with van der Waals surface area (Å²) in [6.45, 7) is 4.00. The molecule has 140 valence electrons. The first-order valence-corrected chi connectivity index (χ1v) is 10.0. The maximum atomic E-state index is 12.6. The van der Waals surface area contributed by atoms with E-state index in [0.29, 0.717) is 36.6 Å². The van der Waals surface area contributed by atoms with Crippen molar-refractivity contribution in [3.8, 4) is 0 Å². The zero-order valence-electron chi connectivity index (χ0n) is 15.5. The molecule has 5 aliphatic carbocycles. The first-order chi connectivity index (χ1) is 11.7. The molecule has 5 saturated carbocycles. The molecular formula is C20H32N2O3. The fraction of sp³-hybridized carbons (Fsp3) is 0.900. The molecule has 0 aromatic rings. The Morgan fingerprint density at radius 1 is 1.00 bits per heavy atom. The number of hydrogen-bond donors (Lipinski definition) is 3. The van der Waals surface area contributed by atoms with Gasteiger partial charge in [-0.2, -0.15) is 0 Å². The Balaban J connectivity index is 1.30. The molecule has 0 aromatic heterocycles. The van der Waals surface area contributed by atoms with Crippen molar-refractivity contribution < 1.29 is 14.7 Å². The number of nitrogens with one attached hydrogen (secondary N) is 2. The Morgan fingerprint density at radius 2 is 1.56 bits per heavy atom. The van der Waals surface area contributed by atoms with E-state index in [1.807, 2.05) is 13.8 Å². The highest BCUT2D eigenvalue weighted by atomic mass is 16.3. The average molecular weight is 348 g/mol. The van der Waals surface area contributed by atoms with E-state index >= 15 is 0 Å². The van der Waals surface area contributed by atoms with Crippen molar-refractivity contribution in [2.75, 3.05) is 0 Å². The van der Waals surface area contributed by atoms with Crippen molar-refractivity contribution in [3.63, 3.8) is 0 Å². The summed E-state index contributed by atoms with van der Waals surface area (Å²) >= 11 is 0. The first-order valence-electron chi connectivity index (χ1n) is 10.0. The molecule has 0 heterocycles. The maximum Gasteiger partial charge on any atom is 0.220 e. The van der Waals surface area contributed by atoms with Gasteiger partial charge in [-0.3, -0.25) is 9.59 Å². The zero-order chi connectivity index (χ0) is 17.8. The number of rotatable bonds is 6. The van der Waals surface area contributed by atoms with Crippen molar-refractivity contribution in [2.45, 2.75) is 89.3 Å². The van der Waals surface area contributed by atoms with Crippen molar-refractivity contribution in [3.05, 3.63) is 0 Å². The molecule has 0 aliphatic heterocycles. The number of carbonyl (C=O) groups excluding carboxylic acids is 2. The fourth-order valence-corrected chi connectivity index (χ4v) is 5.89. The topological polar surface area (TPSA) is 78.4 Å². The average Bonchev–Trinajstić information content (AvgIpc) is 3.23. The molecule has 3 N–H and O–H groups in total. The minimum absolute atomic E-state index is 0.0636. The highest BCUT2D eigenvalue weighted by molar-refractivity contribution is 5.80. The molecule has 25 heavy (non-hydrogen) atoms. The minimum atomic E-state index is -0.460. The summed E-state index contributed by atoms with van der Waals surface area (Å²) < 4.78 is 0. The number of carbonyl (C=O) groups is 2. The summed E-state index contributed by atoms with van der Waals surface area (Å²) in [5.74, 6) is 1.65. The van der Waals surface area contributed by atoms with Gasteiger partial charge in [0, 0.05) is 24.9 Å². The molecule has 2 amide bonds. The highest BCUT2D eigenvalue weighted by Crippen LogP contribution is 2.55. The van der Waals surface area contributed by atoms with Gasteiger partial charge in [-0.05, 0) is 68.1 Å². The van der Waals surface area contributed by atoms with Crippen LogP contribution in [0.1, 0.15) is 71.6 Å². The predicted octanol–water partition coefficient (Wildman–Crippen LogP) is 2.13. The van der Waals surface area contributed by atoms with Crippen LogP contribution < -0.4 is 10.6 Å². The molecule has 5 fully saturated rings. The summed E-state index contributed by atoms with van der Waals surface area (Å²) in [7, 11) is 0. The second kappa shape index (κ2) is 5.97. The fourth-order valence-electron chi connectivity index (χ4n) is 5.89. The Bertz CT molecular complexity index is 553. The minimum Gasteiger partial charge on any atom is -0.390 e. The number of hydrogen-bond acceptors (Lipinski definition) is 3. The van der Waals surface area contributed by atoms with Gasteiger partial charge >= 0.3 is 0 Å². The van der Waals surface area contributed by atoms with E-state index in [-0.39, 0.29) is 23.3 Å². The standard InChI is InChI=1S/C20H32N2O3/c1-19(2,10-16(23)21-15-3-4-15)11-17(24)22-18-13-5-12-6-14(18)9-20(25,7-12)8-13/h12-15,18,25H,3-11H2,1-2H3,(H,21,23)(H,22,24)/t12?,13-,14+,18?,20?. The van der Waals surface area contributed by atoms with Crippen LogP contribution in [0.25, 0.3) is 0 Å². The van der Waals surface area contributed by atoms with Gasteiger partial charge in [0.15, 0.2) is 0 Å². The van der Waals surface area contributed by atoms with E-state index in [1.54, 1.807) is 0 Å². The second-order valence-electron chi connectivity index (χ2n) is 10.1. The summed E-state index contributed by atoms with van der Waals surface area (Å²) in [5.41, 5.74) is -0.787. The molecule has 5 aliphatic rings. The van der Waals surface area contributed by atoms with E-state index in [0.717, 1.165) is 44.9 Å². The summed E-state index contributed by atoms with van der Waals surface area (Å²) in [6.07, 6.45) is 7.91. The van der Waals surface area contributed by atoms with Crippen LogP contribution in [0.3, 0.4) is 0 Å². The quantitative estimate of drug-likeness (QED) is 0.688. The molecule has 4 bridgehead atoms. The largest absolute Gasteiger partial charge is 0.390 e. The lowest BCUT2D eigenvalue weighted by Crippen LogP contribution is -2.61. The third kappa shape index (κ3) is 3.86. The van der Waals surface area contributed by atoms with Crippen LogP contribution in [0.2, 0.25) is 0 Å². The third-order valence-corrected chi connectivity index (χ3v) is 6.79. The Hall–Kier alpha value is -1.10. The molecule has 0 radical (unpaired) electrons. The molecule has 5 heteroatoms. The lowest BCUT2D eigenvalue weighted by atomic mass is 9.52. The molecule has 0 spiro atoms. The molecule has 0 aromatic carbocycles. The van der Waals surface area contributed by atoms with Crippen LogP contribution in [-0.4, -0.2) is 34.6 Å². The Morgan fingerprint density at radius 3 is 2.08 bits per heavy atom. The molecule has 3 unspecified atom stereocenters. The van der Waals surface area contributed by atoms with Gasteiger partial charge < -0.3 is 15.7 Å². The molecule has 0 saturated heterocycles. The summed E-state index contributed by atoms with van der Waals surface area (Å²) in [4.78, 5) is 24.7. The maximum absolute atomic E-state index is 12.6. The van der Waals surface area contributed by atoms with Crippen molar-refractivity contribution in [1.82, 2.24) is 10.6 Å². The highest BCUT2D eigenvalue weighted by Gasteiger charge is 2.55. The van der Waals surface area contributed by atoms with Crippen molar-refractivity contribution in [2.24, 2.45) is 23.2 Å². The van der Waals surface area contributed by atoms with Gasteiger partial charge in [-0.1, -0.05) is 13.8 Å². The van der Waals surface area contributed by atoms with Gasteiger partial charge in [-0.25, -0.2) is 0 Å². The Kier molecular flexibility index (Phi) is 4.13.